The molecular formula is C50H33N9O30S9. The van der Waals surface area contributed by atoms with E-state index in [9.17, 15) is 93.1 Å². The molecule has 0 aliphatic carbocycles. The third-order valence-corrected chi connectivity index (χ3v) is 20.7. The van der Waals surface area contributed by atoms with Crippen LogP contribution in [0.2, 0.25) is 0 Å². The third kappa shape index (κ3) is 15.0. The summed E-state index contributed by atoms with van der Waals surface area (Å²) in [6.07, 6.45) is 0. The summed E-state index contributed by atoms with van der Waals surface area (Å²) in [6.45, 7) is 0. The number of nitrogens with two attached hydrogens (primary N) is 1. The lowest BCUT2D eigenvalue weighted by atomic mass is 10.0. The summed E-state index contributed by atoms with van der Waals surface area (Å²) in [5.74, 6) is -2.73. The number of rotatable bonds is 23. The van der Waals surface area contributed by atoms with E-state index in [2.05, 4.69) is 69.0 Å². The van der Waals surface area contributed by atoms with Gasteiger partial charge < -0.3 is 21.1 Å². The molecule has 0 saturated carbocycles. The standard InChI is InChI=1S/C50H33N9O30S9/c51-43-34(56-52-23-4-7-27-21(11-23)15-41(97(78,79)80)46(48(27)61)59-55-33-17-30-22(13-35(33)90-87-84-63)12-25(93(66,67)68)16-39(30)95(72,73)74)19-40(96(75,76)77)31-18-37(92-89-86-65)45(49(62)42(31)43)57-53-24-5-6-26-20(10-24)14-36(91-88-85-64)44(47(26)60)58-54-32-9-8-28-29(50(32)98(81,82)83)2-1-3-38(28)94(69,70)71/h1-19,60-65H,51H2,(H,66,67,68)(H,69,70,71)(H,72,73,74)(H,75,76,77)(H,78,79,80)(H,81,82,83). The molecule has 48 heteroatoms. The van der Waals surface area contributed by atoms with Gasteiger partial charge in [-0.15, -0.1) is 43.7 Å². The van der Waals surface area contributed by atoms with Crippen molar-refractivity contribution in [3.8, 4) is 17.2 Å². The number of hydrogen-bond acceptors (Lipinski definition) is 36. The monoisotopic (exact) mass is 1530 g/mol. The van der Waals surface area contributed by atoms with Gasteiger partial charge in [-0.05, 0) is 113 Å². The maximum absolute atomic E-state index is 13.0. The Bertz CT molecular complexity index is 5910. The Balaban J connectivity index is 1.02. The highest BCUT2D eigenvalue weighted by Gasteiger charge is 2.30. The lowest BCUT2D eigenvalue weighted by molar-refractivity contribution is -0.432. The van der Waals surface area contributed by atoms with Gasteiger partial charge in [0.2, 0.25) is 0 Å². The summed E-state index contributed by atoms with van der Waals surface area (Å²) < 4.78 is 224. The molecule has 0 spiro atoms. The van der Waals surface area contributed by atoms with Crippen LogP contribution in [0.15, 0.2) is 200 Å². The summed E-state index contributed by atoms with van der Waals surface area (Å²) in [4.78, 5) is -6.87. The van der Waals surface area contributed by atoms with Crippen LogP contribution in [0.4, 0.5) is 51.2 Å². The van der Waals surface area contributed by atoms with Crippen molar-refractivity contribution in [2.75, 3.05) is 5.73 Å². The zero-order valence-corrected chi connectivity index (χ0v) is 54.4. The quantitative estimate of drug-likeness (QED) is 0.00706. The molecule has 0 bridgehead atoms. The van der Waals surface area contributed by atoms with Crippen molar-refractivity contribution in [2.45, 2.75) is 44.1 Å². The number of anilines is 1. The highest BCUT2D eigenvalue weighted by molar-refractivity contribution is 7.95. The van der Waals surface area contributed by atoms with Crippen LogP contribution in [0.5, 0.6) is 17.2 Å². The minimum Gasteiger partial charge on any atom is -0.505 e. The minimum absolute atomic E-state index is 0.0478. The summed E-state index contributed by atoms with van der Waals surface area (Å²) in [7, 11) is -31.3. The van der Waals surface area contributed by atoms with Crippen molar-refractivity contribution in [3.63, 3.8) is 0 Å². The van der Waals surface area contributed by atoms with Crippen molar-refractivity contribution in [1.82, 2.24) is 0 Å². The zero-order valence-electron chi connectivity index (χ0n) is 47.0. The molecule has 0 aliphatic heterocycles. The number of azo groups is 4. The van der Waals surface area contributed by atoms with E-state index < -0.39 is 174 Å². The number of phenolic OH excluding ortho intramolecular Hbond substituents is 3. The van der Waals surface area contributed by atoms with Crippen LogP contribution >= 0.6 is 36.1 Å². The number of nitrogen functional groups attached to an aromatic ring is 1. The summed E-state index contributed by atoms with van der Waals surface area (Å²) in [5.41, 5.74) is 1.74. The maximum Gasteiger partial charge on any atom is 0.297 e. The Kier molecular flexibility index (Phi) is 20.2. The largest absolute Gasteiger partial charge is 0.505 e. The molecule has 0 amide bonds. The number of benzene rings is 10. The van der Waals surface area contributed by atoms with Crippen molar-refractivity contribution in [3.05, 3.63) is 115 Å². The van der Waals surface area contributed by atoms with Crippen LogP contribution in [0.1, 0.15) is 0 Å². The molecule has 0 atom stereocenters. The van der Waals surface area contributed by atoms with Gasteiger partial charge in [0, 0.05) is 32.3 Å². The smallest absolute Gasteiger partial charge is 0.297 e. The number of aromatic hydroxyl groups is 3. The summed E-state index contributed by atoms with van der Waals surface area (Å²) in [5, 5.41) is 101. The van der Waals surface area contributed by atoms with Gasteiger partial charge in [-0.2, -0.15) is 60.7 Å². The second-order valence-corrected chi connectivity index (χ2v) is 29.9. The van der Waals surface area contributed by atoms with E-state index in [0.717, 1.165) is 78.9 Å². The van der Waals surface area contributed by atoms with E-state index in [1.807, 2.05) is 0 Å². The minimum atomic E-state index is -5.42. The molecule has 512 valence electrons. The van der Waals surface area contributed by atoms with Crippen LogP contribution in [-0.2, 0) is 88.8 Å². The molecule has 39 nitrogen and oxygen atoms in total. The fraction of sp³-hybridized carbons (Fsp3) is 0. The second kappa shape index (κ2) is 27.5. The van der Waals surface area contributed by atoms with Crippen LogP contribution in [-0.4, -0.2) is 109 Å². The maximum atomic E-state index is 13.0. The Morgan fingerprint density at radius 3 is 1.39 bits per heavy atom. The SMILES string of the molecule is Nc1c(N=Nc2ccc3c(O)c(N=Nc4cc5c(S(=O)(=O)O)cc(S(=O)(=O)O)cc5cc4SOOO)c(S(=O)(=O)O)cc3c2)cc(S(=O)(=O)O)c2cc(SOOO)c(N=Nc3ccc4c(O)c(N=Nc5ccc6c(S(=O)(=O)O)cccc6c5S(=O)(=O)O)c(SOOO)cc4c3)c(O)c12. The second-order valence-electron chi connectivity index (χ2n) is 19.3. The molecule has 0 fully saturated rings. The van der Waals surface area contributed by atoms with Crippen molar-refractivity contribution in [2.24, 2.45) is 40.9 Å². The number of fused-ring (bicyclic) bond motifs is 5. The molecule has 0 aromatic heterocycles. The van der Waals surface area contributed by atoms with Gasteiger partial charge in [-0.1, -0.05) is 33.3 Å². The number of hydrogen-bond donors (Lipinski definition) is 13. The lowest BCUT2D eigenvalue weighted by Gasteiger charge is -2.14. The van der Waals surface area contributed by atoms with Crippen LogP contribution in [0.3, 0.4) is 0 Å². The number of nitrogens with zero attached hydrogens (tertiary/aromatic N) is 8. The van der Waals surface area contributed by atoms with Gasteiger partial charge in [-0.25, -0.2) is 15.8 Å². The third-order valence-electron chi connectivity index (χ3n) is 13.5. The molecule has 98 heavy (non-hydrogen) atoms. The highest BCUT2D eigenvalue weighted by Crippen LogP contribution is 2.52. The fourth-order valence-electron chi connectivity index (χ4n) is 9.49. The average molecular weight is 1530 g/mol. The van der Waals surface area contributed by atoms with E-state index in [1.165, 1.54) is 24.3 Å². The van der Waals surface area contributed by atoms with E-state index in [0.29, 0.717) is 12.1 Å². The lowest BCUT2D eigenvalue weighted by Crippen LogP contribution is -2.04. The Hall–Kier alpha value is -8.75. The van der Waals surface area contributed by atoms with Gasteiger partial charge in [0.15, 0.2) is 17.2 Å². The fourth-order valence-corrected chi connectivity index (χ4v) is 15.2. The first-order chi connectivity index (χ1) is 45.9. The van der Waals surface area contributed by atoms with E-state index in [4.69, 9.17) is 21.5 Å². The summed E-state index contributed by atoms with van der Waals surface area (Å²) >= 11 is 0.448. The number of phenols is 3. The van der Waals surface area contributed by atoms with E-state index in [1.54, 1.807) is 0 Å². The Morgan fingerprint density at radius 2 is 0.816 bits per heavy atom. The van der Waals surface area contributed by atoms with Crippen molar-refractivity contribution >= 4 is 202 Å². The van der Waals surface area contributed by atoms with Gasteiger partial charge in [0.1, 0.15) is 58.6 Å². The van der Waals surface area contributed by atoms with Crippen molar-refractivity contribution in [1.29, 1.82) is 0 Å². The van der Waals surface area contributed by atoms with Gasteiger partial charge >= 0.3 is 0 Å². The van der Waals surface area contributed by atoms with Gasteiger partial charge in [-0.3, -0.25) is 27.3 Å². The normalized spacial score (nSPS) is 13.2. The first kappa shape index (κ1) is 72.0. The molecular weight excluding hydrogens is 1500 g/mol. The van der Waals surface area contributed by atoms with Gasteiger partial charge in [0.05, 0.1) is 78.2 Å². The van der Waals surface area contributed by atoms with E-state index >= 15 is 0 Å². The summed E-state index contributed by atoms with van der Waals surface area (Å²) in [6, 6.07) is 18.7. The Morgan fingerprint density at radius 1 is 0.347 bits per heavy atom. The molecule has 10 aromatic rings. The highest BCUT2D eigenvalue weighted by atomic mass is 32.2. The first-order valence-electron chi connectivity index (χ1n) is 25.3. The Labute approximate surface area is 558 Å². The molecule has 10 rings (SSSR count). The molecule has 0 heterocycles. The molecule has 10 aromatic carbocycles. The van der Waals surface area contributed by atoms with E-state index in [-0.39, 0.29) is 89.6 Å². The average Bonchev–Trinajstić information content (AvgIpc) is 0.757. The van der Waals surface area contributed by atoms with Crippen LogP contribution < -0.4 is 5.73 Å². The molecule has 0 saturated heterocycles. The topological polar surface area (TPSA) is 628 Å². The van der Waals surface area contributed by atoms with Crippen LogP contribution in [0.25, 0.3) is 53.9 Å². The molecule has 0 aliphatic rings. The molecule has 0 radical (unpaired) electrons. The predicted molar refractivity (Wildman–Crippen MR) is 337 cm³/mol. The predicted octanol–water partition coefficient (Wildman–Crippen LogP) is 12.6. The molecule has 14 N–H and O–H groups in total. The van der Waals surface area contributed by atoms with Gasteiger partial charge in [0.25, 0.3) is 60.7 Å². The van der Waals surface area contributed by atoms with Crippen LogP contribution in [0, 0.1) is 0 Å². The zero-order chi connectivity index (χ0) is 71.4. The van der Waals surface area contributed by atoms with Crippen molar-refractivity contribution < 1.29 is 137 Å². The first-order valence-corrected chi connectivity index (χ1v) is 36.1. The molecule has 0 unspecified atom stereocenters.